The summed E-state index contributed by atoms with van der Waals surface area (Å²) in [4.78, 5) is 7.34. The fourth-order valence-corrected chi connectivity index (χ4v) is 3.55. The first-order chi connectivity index (χ1) is 12.7. The van der Waals surface area contributed by atoms with Gasteiger partial charge in [0.15, 0.2) is 5.96 Å². The molecule has 1 saturated carbocycles. The van der Waals surface area contributed by atoms with Crippen molar-refractivity contribution in [1.82, 2.24) is 15.5 Å². The van der Waals surface area contributed by atoms with Crippen LogP contribution in [0, 0.1) is 5.92 Å². The van der Waals surface area contributed by atoms with E-state index in [-0.39, 0.29) is 0 Å². The first kappa shape index (κ1) is 20.8. The van der Waals surface area contributed by atoms with E-state index in [0.29, 0.717) is 17.9 Å². The molecule has 26 heavy (non-hydrogen) atoms. The van der Waals surface area contributed by atoms with E-state index in [0.717, 1.165) is 32.1 Å². The van der Waals surface area contributed by atoms with Gasteiger partial charge in [-0.2, -0.15) is 0 Å². The maximum atomic E-state index is 4.85. The van der Waals surface area contributed by atoms with Crippen LogP contribution in [-0.4, -0.2) is 49.6 Å². The van der Waals surface area contributed by atoms with Gasteiger partial charge in [-0.1, -0.05) is 44.2 Å². The molecule has 1 fully saturated rings. The number of hydrogen-bond acceptors (Lipinski definition) is 2. The van der Waals surface area contributed by atoms with Crippen molar-refractivity contribution in [3.63, 3.8) is 0 Å². The molecule has 1 aromatic rings. The minimum absolute atomic E-state index is 0.451. The predicted molar refractivity (Wildman–Crippen MR) is 113 cm³/mol. The third-order valence-corrected chi connectivity index (χ3v) is 5.37. The maximum absolute atomic E-state index is 4.85. The Balaban J connectivity index is 1.74. The summed E-state index contributed by atoms with van der Waals surface area (Å²) in [5.74, 6) is 2.38. The van der Waals surface area contributed by atoms with E-state index in [9.17, 15) is 0 Å². The van der Waals surface area contributed by atoms with Crippen LogP contribution in [0.3, 0.4) is 0 Å². The van der Waals surface area contributed by atoms with Gasteiger partial charge < -0.3 is 15.5 Å². The normalized spacial score (nSPS) is 20.9. The summed E-state index contributed by atoms with van der Waals surface area (Å²) in [5, 5.41) is 6.99. The standard InChI is InChI=1S/C22H38N4/c1-5-23-22(25-18(4)12-11-15-26(6-2)7-3)24-17-20-16-21(20)19-13-9-8-10-14-19/h8-10,13-14,18,20-21H,5-7,11-12,15-17H2,1-4H3,(H2,23,24,25). The summed E-state index contributed by atoms with van der Waals surface area (Å²) in [6, 6.07) is 11.3. The Bertz CT molecular complexity index is 524. The number of benzene rings is 1. The summed E-state index contributed by atoms with van der Waals surface area (Å²) in [6.45, 7) is 14.2. The van der Waals surface area contributed by atoms with Gasteiger partial charge in [0.1, 0.15) is 0 Å². The van der Waals surface area contributed by atoms with Crippen LogP contribution in [0.5, 0.6) is 0 Å². The largest absolute Gasteiger partial charge is 0.357 e. The van der Waals surface area contributed by atoms with Crippen LogP contribution in [0.15, 0.2) is 35.3 Å². The number of rotatable bonds is 11. The molecule has 0 spiro atoms. The van der Waals surface area contributed by atoms with E-state index in [1.165, 1.54) is 31.4 Å². The number of guanidine groups is 1. The van der Waals surface area contributed by atoms with Crippen LogP contribution in [0.25, 0.3) is 0 Å². The zero-order valence-corrected chi connectivity index (χ0v) is 17.2. The number of nitrogens with one attached hydrogen (secondary N) is 2. The van der Waals surface area contributed by atoms with E-state index in [2.05, 4.69) is 73.6 Å². The second-order valence-electron chi connectivity index (χ2n) is 7.45. The third kappa shape index (κ3) is 6.99. The lowest BCUT2D eigenvalue weighted by Crippen LogP contribution is -2.42. The molecule has 2 N–H and O–H groups in total. The molecular formula is C22H38N4. The second kappa shape index (κ2) is 11.2. The zero-order valence-electron chi connectivity index (χ0n) is 17.2. The summed E-state index contributed by atoms with van der Waals surface area (Å²) in [6.07, 6.45) is 3.68. The Morgan fingerprint density at radius 3 is 2.58 bits per heavy atom. The highest BCUT2D eigenvalue weighted by Crippen LogP contribution is 2.47. The van der Waals surface area contributed by atoms with Crippen LogP contribution in [0.4, 0.5) is 0 Å². The molecule has 0 amide bonds. The van der Waals surface area contributed by atoms with Gasteiger partial charge in [0.25, 0.3) is 0 Å². The molecule has 0 aromatic heterocycles. The molecule has 0 saturated heterocycles. The number of nitrogens with zero attached hydrogens (tertiary/aromatic N) is 2. The van der Waals surface area contributed by atoms with Gasteiger partial charge >= 0.3 is 0 Å². The van der Waals surface area contributed by atoms with Gasteiger partial charge in [0, 0.05) is 19.1 Å². The van der Waals surface area contributed by atoms with Gasteiger partial charge in [-0.3, -0.25) is 4.99 Å². The van der Waals surface area contributed by atoms with Gasteiger partial charge in [-0.25, -0.2) is 0 Å². The molecule has 146 valence electrons. The SMILES string of the molecule is CCNC(=NCC1CC1c1ccccc1)NC(C)CCCN(CC)CC. The highest BCUT2D eigenvalue weighted by molar-refractivity contribution is 5.80. The van der Waals surface area contributed by atoms with Gasteiger partial charge in [-0.15, -0.1) is 0 Å². The lowest BCUT2D eigenvalue weighted by molar-refractivity contribution is 0.292. The smallest absolute Gasteiger partial charge is 0.191 e. The van der Waals surface area contributed by atoms with Crippen molar-refractivity contribution in [3.8, 4) is 0 Å². The average Bonchev–Trinajstić information content (AvgIpc) is 3.44. The molecule has 0 bridgehead atoms. The monoisotopic (exact) mass is 358 g/mol. The van der Waals surface area contributed by atoms with Gasteiger partial charge in [-0.05, 0) is 70.1 Å². The first-order valence-corrected chi connectivity index (χ1v) is 10.5. The first-order valence-electron chi connectivity index (χ1n) is 10.5. The van der Waals surface area contributed by atoms with Crippen molar-refractivity contribution in [1.29, 1.82) is 0 Å². The van der Waals surface area contributed by atoms with Crippen LogP contribution in [0.2, 0.25) is 0 Å². The van der Waals surface area contributed by atoms with E-state index in [4.69, 9.17) is 4.99 Å². The van der Waals surface area contributed by atoms with Crippen LogP contribution in [-0.2, 0) is 0 Å². The highest BCUT2D eigenvalue weighted by Gasteiger charge is 2.37. The minimum Gasteiger partial charge on any atom is -0.357 e. The molecule has 3 unspecified atom stereocenters. The highest BCUT2D eigenvalue weighted by atomic mass is 15.2. The van der Waals surface area contributed by atoms with E-state index in [1.807, 2.05) is 0 Å². The molecule has 1 aliphatic rings. The molecule has 2 rings (SSSR count). The topological polar surface area (TPSA) is 39.7 Å². The Morgan fingerprint density at radius 1 is 1.19 bits per heavy atom. The Morgan fingerprint density at radius 2 is 1.92 bits per heavy atom. The van der Waals surface area contributed by atoms with Crippen molar-refractivity contribution in [3.05, 3.63) is 35.9 Å². The fourth-order valence-electron chi connectivity index (χ4n) is 3.55. The van der Waals surface area contributed by atoms with Gasteiger partial charge in [0.2, 0.25) is 0 Å². The van der Waals surface area contributed by atoms with Crippen molar-refractivity contribution in [2.75, 3.05) is 32.7 Å². The average molecular weight is 359 g/mol. The molecular weight excluding hydrogens is 320 g/mol. The van der Waals surface area contributed by atoms with Crippen molar-refractivity contribution < 1.29 is 0 Å². The Hall–Kier alpha value is -1.55. The van der Waals surface area contributed by atoms with Crippen molar-refractivity contribution in [2.24, 2.45) is 10.9 Å². The van der Waals surface area contributed by atoms with E-state index in [1.54, 1.807) is 0 Å². The molecule has 1 aliphatic carbocycles. The van der Waals surface area contributed by atoms with Crippen LogP contribution >= 0.6 is 0 Å². The Kier molecular flexibility index (Phi) is 8.96. The van der Waals surface area contributed by atoms with E-state index < -0.39 is 0 Å². The zero-order chi connectivity index (χ0) is 18.8. The molecule has 0 heterocycles. The van der Waals surface area contributed by atoms with Crippen LogP contribution < -0.4 is 10.6 Å². The molecule has 4 nitrogen and oxygen atoms in total. The summed E-state index contributed by atoms with van der Waals surface area (Å²) in [5.41, 5.74) is 1.47. The summed E-state index contributed by atoms with van der Waals surface area (Å²) < 4.78 is 0. The van der Waals surface area contributed by atoms with Crippen LogP contribution in [0.1, 0.15) is 58.4 Å². The quantitative estimate of drug-likeness (QED) is 0.466. The molecule has 1 aromatic carbocycles. The predicted octanol–water partition coefficient (Wildman–Crippen LogP) is 3.86. The maximum Gasteiger partial charge on any atom is 0.191 e. The third-order valence-electron chi connectivity index (χ3n) is 5.37. The Labute approximate surface area is 160 Å². The van der Waals surface area contributed by atoms with E-state index >= 15 is 0 Å². The molecule has 3 atom stereocenters. The molecule has 4 heteroatoms. The van der Waals surface area contributed by atoms with Crippen molar-refractivity contribution in [2.45, 2.75) is 58.9 Å². The number of aliphatic imine (C=N–C) groups is 1. The second-order valence-corrected chi connectivity index (χ2v) is 7.45. The molecule has 0 aliphatic heterocycles. The minimum atomic E-state index is 0.451. The summed E-state index contributed by atoms with van der Waals surface area (Å²) in [7, 11) is 0. The fraction of sp³-hybridized carbons (Fsp3) is 0.682. The van der Waals surface area contributed by atoms with Crippen molar-refractivity contribution >= 4 is 5.96 Å². The lowest BCUT2D eigenvalue weighted by Gasteiger charge is -2.21. The molecule has 0 radical (unpaired) electrons. The van der Waals surface area contributed by atoms with Gasteiger partial charge in [0.05, 0.1) is 0 Å². The number of hydrogen-bond donors (Lipinski definition) is 2. The summed E-state index contributed by atoms with van der Waals surface area (Å²) >= 11 is 0. The lowest BCUT2D eigenvalue weighted by atomic mass is 10.1.